The molecule has 2 atom stereocenters. The molecule has 1 aliphatic heterocycles. The second-order valence-corrected chi connectivity index (χ2v) is 11.1. The van der Waals surface area contributed by atoms with Gasteiger partial charge in [0.25, 0.3) is 5.91 Å². The van der Waals surface area contributed by atoms with Crippen LogP contribution in [0.1, 0.15) is 66.0 Å². The molecule has 3 aromatic rings. The van der Waals surface area contributed by atoms with Gasteiger partial charge in [-0.2, -0.15) is 5.10 Å². The molecular formula is C28H28F2N4O3. The number of hydrogen-bond acceptors (Lipinski definition) is 4. The van der Waals surface area contributed by atoms with E-state index in [1.54, 1.807) is 4.90 Å². The van der Waals surface area contributed by atoms with Gasteiger partial charge in [0.15, 0.2) is 11.5 Å². The third-order valence-corrected chi connectivity index (χ3v) is 7.24. The molecule has 2 heterocycles. The van der Waals surface area contributed by atoms with E-state index in [4.69, 9.17) is 4.74 Å². The molecule has 0 radical (unpaired) electrons. The average molecular weight is 507 g/mol. The summed E-state index contributed by atoms with van der Waals surface area (Å²) in [5.41, 5.74) is 4.26. The molecule has 0 bridgehead atoms. The normalized spacial score (nSPS) is 19.6. The number of hydrogen-bond donors (Lipinski definition) is 1. The largest absolute Gasteiger partial charge is 0.444 e. The molecule has 2 aromatic carbocycles. The summed E-state index contributed by atoms with van der Waals surface area (Å²) in [6, 6.07) is 9.03. The predicted molar refractivity (Wildman–Crippen MR) is 133 cm³/mol. The van der Waals surface area contributed by atoms with Crippen molar-refractivity contribution in [1.29, 1.82) is 0 Å². The topological polar surface area (TPSA) is 76.5 Å². The van der Waals surface area contributed by atoms with Crippen LogP contribution in [0.25, 0.3) is 5.69 Å². The minimum atomic E-state index is -0.712. The molecule has 2 amide bonds. The van der Waals surface area contributed by atoms with E-state index in [1.165, 1.54) is 16.8 Å². The Balaban J connectivity index is 1.22. The number of nitrogens with zero attached hydrogens (tertiary/aromatic N) is 3. The molecular weight excluding hydrogens is 478 g/mol. The molecule has 7 nitrogen and oxygen atoms in total. The molecule has 2 aliphatic carbocycles. The minimum absolute atomic E-state index is 0.146. The Bertz CT molecular complexity index is 1440. The Labute approximate surface area is 213 Å². The van der Waals surface area contributed by atoms with Crippen molar-refractivity contribution >= 4 is 17.7 Å². The van der Waals surface area contributed by atoms with Crippen molar-refractivity contribution in [2.24, 2.45) is 5.92 Å². The minimum Gasteiger partial charge on any atom is -0.444 e. The van der Waals surface area contributed by atoms with Crippen molar-refractivity contribution in [1.82, 2.24) is 14.7 Å². The number of rotatable bonds is 3. The van der Waals surface area contributed by atoms with Crippen LogP contribution in [0.4, 0.5) is 19.3 Å². The van der Waals surface area contributed by atoms with Crippen LogP contribution in [0, 0.1) is 17.6 Å². The van der Waals surface area contributed by atoms with Crippen LogP contribution in [0.2, 0.25) is 0 Å². The second-order valence-electron chi connectivity index (χ2n) is 11.1. The maximum absolute atomic E-state index is 14.6. The van der Waals surface area contributed by atoms with Gasteiger partial charge in [0.05, 0.1) is 5.69 Å². The lowest BCUT2D eigenvalue weighted by molar-refractivity contribution is 0.0224. The number of anilines is 1. The summed E-state index contributed by atoms with van der Waals surface area (Å²) in [5, 5.41) is 7.44. The van der Waals surface area contributed by atoms with E-state index in [9.17, 15) is 18.4 Å². The van der Waals surface area contributed by atoms with Gasteiger partial charge in [0, 0.05) is 36.3 Å². The van der Waals surface area contributed by atoms with Gasteiger partial charge in [-0.25, -0.2) is 18.3 Å². The fraction of sp³-hybridized carbons (Fsp3) is 0.393. The first-order chi connectivity index (χ1) is 17.6. The van der Waals surface area contributed by atoms with E-state index >= 15 is 0 Å². The molecule has 0 spiro atoms. The highest BCUT2D eigenvalue weighted by atomic mass is 19.1. The number of carbonyl (C=O) groups excluding carboxylic acids is 2. The highest BCUT2D eigenvalue weighted by molar-refractivity contribution is 6.04. The van der Waals surface area contributed by atoms with Crippen LogP contribution in [0.3, 0.4) is 0 Å². The summed E-state index contributed by atoms with van der Waals surface area (Å²) in [6.45, 7) is 6.51. The zero-order valence-corrected chi connectivity index (χ0v) is 21.0. The third-order valence-electron chi connectivity index (χ3n) is 7.24. The van der Waals surface area contributed by atoms with Gasteiger partial charge >= 0.3 is 6.09 Å². The summed E-state index contributed by atoms with van der Waals surface area (Å²) in [7, 11) is 0. The Morgan fingerprint density at radius 3 is 2.68 bits per heavy atom. The second kappa shape index (κ2) is 8.39. The number of benzene rings is 2. The summed E-state index contributed by atoms with van der Waals surface area (Å²) < 4.78 is 35.0. The van der Waals surface area contributed by atoms with Gasteiger partial charge in [0.1, 0.15) is 17.1 Å². The molecule has 1 saturated carbocycles. The summed E-state index contributed by atoms with van der Waals surface area (Å²) in [6.07, 6.45) is 2.04. The van der Waals surface area contributed by atoms with Crippen LogP contribution in [-0.2, 0) is 24.1 Å². The van der Waals surface area contributed by atoms with Crippen molar-refractivity contribution in [2.75, 3.05) is 11.9 Å². The zero-order chi connectivity index (χ0) is 26.1. The first-order valence-corrected chi connectivity index (χ1v) is 12.6. The van der Waals surface area contributed by atoms with E-state index in [-0.39, 0.29) is 29.3 Å². The first kappa shape index (κ1) is 23.6. The van der Waals surface area contributed by atoms with Crippen molar-refractivity contribution < 1.29 is 23.1 Å². The van der Waals surface area contributed by atoms with Gasteiger partial charge in [-0.1, -0.05) is 6.07 Å². The molecule has 0 unspecified atom stereocenters. The summed E-state index contributed by atoms with van der Waals surface area (Å²) in [5.74, 6) is -1.02. The monoisotopic (exact) mass is 506 g/mol. The standard InChI is InChI=1S/C28H28F2N4O3/c1-28(2,3)37-27(36)33-9-8-15-10-19(6-4-16(15)14-33)31-26(35)24-21-12-17-11-20(17)25(21)34(32-24)23-7-5-18(29)13-22(23)30/h4-7,10,13,17,20H,8-9,11-12,14H2,1-3H3,(H,31,35)/t17-,20-/m1/s1. The molecule has 37 heavy (non-hydrogen) atoms. The quantitative estimate of drug-likeness (QED) is 0.519. The maximum Gasteiger partial charge on any atom is 0.410 e. The van der Waals surface area contributed by atoms with Gasteiger partial charge < -0.3 is 15.0 Å². The van der Waals surface area contributed by atoms with Crippen LogP contribution in [0.15, 0.2) is 36.4 Å². The van der Waals surface area contributed by atoms with Gasteiger partial charge in [-0.15, -0.1) is 0 Å². The highest BCUT2D eigenvalue weighted by Gasteiger charge is 2.50. The molecule has 3 aliphatic rings. The van der Waals surface area contributed by atoms with E-state index in [1.807, 2.05) is 39.0 Å². The van der Waals surface area contributed by atoms with E-state index in [0.29, 0.717) is 31.1 Å². The lowest BCUT2D eigenvalue weighted by Crippen LogP contribution is -2.39. The molecule has 9 heteroatoms. The van der Waals surface area contributed by atoms with Gasteiger partial charge in [-0.05, 0) is 81.3 Å². The number of amides is 2. The predicted octanol–water partition coefficient (Wildman–Crippen LogP) is 5.36. The van der Waals surface area contributed by atoms with Crippen molar-refractivity contribution in [3.63, 3.8) is 0 Å². The number of aromatic nitrogens is 2. The first-order valence-electron chi connectivity index (χ1n) is 12.6. The zero-order valence-electron chi connectivity index (χ0n) is 21.0. The van der Waals surface area contributed by atoms with Crippen LogP contribution < -0.4 is 5.32 Å². The number of nitrogens with one attached hydrogen (secondary N) is 1. The van der Waals surface area contributed by atoms with E-state index in [0.717, 1.165) is 41.3 Å². The summed E-state index contributed by atoms with van der Waals surface area (Å²) in [4.78, 5) is 27.4. The number of fused-ring (bicyclic) bond motifs is 4. The number of ether oxygens (including phenoxy) is 1. The Morgan fingerprint density at radius 2 is 1.92 bits per heavy atom. The summed E-state index contributed by atoms with van der Waals surface area (Å²) >= 11 is 0. The Hall–Kier alpha value is -3.75. The van der Waals surface area contributed by atoms with E-state index < -0.39 is 17.2 Å². The number of carbonyl (C=O) groups is 2. The smallest absolute Gasteiger partial charge is 0.410 e. The highest BCUT2D eigenvalue weighted by Crippen LogP contribution is 2.57. The van der Waals surface area contributed by atoms with Crippen LogP contribution in [-0.4, -0.2) is 38.8 Å². The number of halogens is 2. The molecule has 0 saturated heterocycles. The van der Waals surface area contributed by atoms with Crippen molar-refractivity contribution in [3.8, 4) is 5.69 Å². The lowest BCUT2D eigenvalue weighted by Gasteiger charge is -2.31. The molecule has 192 valence electrons. The average Bonchev–Trinajstić information content (AvgIpc) is 3.33. The molecule has 1 aromatic heterocycles. The maximum atomic E-state index is 14.6. The Kier molecular flexibility index (Phi) is 5.36. The van der Waals surface area contributed by atoms with Crippen molar-refractivity contribution in [2.45, 2.75) is 58.1 Å². The SMILES string of the molecule is CC(C)(C)OC(=O)N1CCc2cc(NC(=O)c3nn(-c4ccc(F)cc4F)c4c3C[C@H]3C[C@@H]43)ccc2C1. The van der Waals surface area contributed by atoms with Crippen molar-refractivity contribution in [3.05, 3.63) is 76.1 Å². The molecule has 1 fully saturated rings. The fourth-order valence-electron chi connectivity index (χ4n) is 5.44. The van der Waals surface area contributed by atoms with Gasteiger partial charge in [0.2, 0.25) is 0 Å². The van der Waals surface area contributed by atoms with Gasteiger partial charge in [-0.3, -0.25) is 4.79 Å². The van der Waals surface area contributed by atoms with Crippen LogP contribution in [0.5, 0.6) is 0 Å². The third kappa shape index (κ3) is 4.36. The molecule has 6 rings (SSSR count). The lowest BCUT2D eigenvalue weighted by atomic mass is 9.99. The molecule has 1 N–H and O–H groups in total. The van der Waals surface area contributed by atoms with Crippen LogP contribution >= 0.6 is 0 Å². The fourth-order valence-corrected chi connectivity index (χ4v) is 5.44. The van der Waals surface area contributed by atoms with E-state index in [2.05, 4.69) is 10.4 Å². The Morgan fingerprint density at radius 1 is 1.11 bits per heavy atom.